The van der Waals surface area contributed by atoms with Crippen LogP contribution in [0.4, 0.5) is 0 Å². The molecule has 0 radical (unpaired) electrons. The molecule has 4 saturated carbocycles. The number of ketones is 1. The van der Waals surface area contributed by atoms with Crippen LogP contribution in [-0.4, -0.2) is 51.5 Å². The molecule has 0 aromatic carbocycles. The number of esters is 1. The lowest BCUT2D eigenvalue weighted by molar-refractivity contribution is -0.273. The number of Topliss-reactive ketones (excluding diaryl/α,β-unsaturated/α-hetero) is 1. The van der Waals surface area contributed by atoms with Gasteiger partial charge in [-0.15, -0.1) is 0 Å². The summed E-state index contributed by atoms with van der Waals surface area (Å²) < 4.78 is 5.59. The SMILES string of the molecule is C=C1C(=O)C23C(O)CC4C(C)(C)CCCC4(C)C2C(O)C(O)C1C3OC(C)=O. The van der Waals surface area contributed by atoms with Crippen LogP contribution in [0.15, 0.2) is 12.2 Å². The summed E-state index contributed by atoms with van der Waals surface area (Å²) in [5.41, 5.74) is -1.82. The summed E-state index contributed by atoms with van der Waals surface area (Å²) in [5.74, 6) is -2.43. The normalized spacial score (nSPS) is 52.0. The van der Waals surface area contributed by atoms with Gasteiger partial charge in [-0.05, 0) is 41.6 Å². The van der Waals surface area contributed by atoms with Crippen molar-refractivity contribution in [2.75, 3.05) is 0 Å². The van der Waals surface area contributed by atoms with E-state index in [0.29, 0.717) is 6.42 Å². The Bertz CT molecular complexity index is 743. The Balaban J connectivity index is 1.96. The molecule has 9 unspecified atom stereocenters. The van der Waals surface area contributed by atoms with Crippen molar-refractivity contribution >= 4 is 11.8 Å². The third-order valence-electron chi connectivity index (χ3n) is 8.75. The van der Waals surface area contributed by atoms with Crippen LogP contribution in [0.5, 0.6) is 0 Å². The van der Waals surface area contributed by atoms with Crippen LogP contribution in [0.25, 0.3) is 0 Å². The number of aliphatic hydroxyl groups excluding tert-OH is 3. The van der Waals surface area contributed by atoms with Gasteiger partial charge in [0.25, 0.3) is 0 Å². The second-order valence-electron chi connectivity index (χ2n) is 10.5. The number of aliphatic hydroxyl groups is 3. The van der Waals surface area contributed by atoms with E-state index in [9.17, 15) is 24.9 Å². The Hall–Kier alpha value is -1.24. The molecule has 6 nitrogen and oxygen atoms in total. The summed E-state index contributed by atoms with van der Waals surface area (Å²) in [4.78, 5) is 25.4. The molecular weight excluding hydrogens is 360 g/mol. The second kappa shape index (κ2) is 5.89. The van der Waals surface area contributed by atoms with Crippen molar-refractivity contribution in [3.63, 3.8) is 0 Å². The van der Waals surface area contributed by atoms with Crippen molar-refractivity contribution in [3.05, 3.63) is 12.2 Å². The Morgan fingerprint density at radius 2 is 1.79 bits per heavy atom. The predicted molar refractivity (Wildman–Crippen MR) is 101 cm³/mol. The summed E-state index contributed by atoms with van der Waals surface area (Å²) in [7, 11) is 0. The van der Waals surface area contributed by atoms with E-state index in [0.717, 1.165) is 19.3 Å². The zero-order valence-corrected chi connectivity index (χ0v) is 17.1. The fourth-order valence-corrected chi connectivity index (χ4v) is 7.81. The smallest absolute Gasteiger partial charge is 0.302 e. The van der Waals surface area contributed by atoms with Gasteiger partial charge in [0.05, 0.1) is 24.2 Å². The maximum absolute atomic E-state index is 13.5. The van der Waals surface area contributed by atoms with E-state index in [2.05, 4.69) is 27.4 Å². The average Bonchev–Trinajstić information content (AvgIpc) is 2.74. The van der Waals surface area contributed by atoms with Gasteiger partial charge < -0.3 is 20.1 Å². The van der Waals surface area contributed by atoms with Gasteiger partial charge in [-0.2, -0.15) is 0 Å². The van der Waals surface area contributed by atoms with Gasteiger partial charge in [-0.1, -0.05) is 33.8 Å². The Morgan fingerprint density at radius 3 is 2.39 bits per heavy atom. The van der Waals surface area contributed by atoms with E-state index in [1.807, 2.05) is 0 Å². The van der Waals surface area contributed by atoms with Crippen molar-refractivity contribution in [1.82, 2.24) is 0 Å². The van der Waals surface area contributed by atoms with Crippen LogP contribution in [0.2, 0.25) is 0 Å². The fourth-order valence-electron chi connectivity index (χ4n) is 7.81. The van der Waals surface area contributed by atoms with E-state index >= 15 is 0 Å². The Kier molecular flexibility index (Phi) is 4.22. The molecule has 3 N–H and O–H groups in total. The molecule has 28 heavy (non-hydrogen) atoms. The largest absolute Gasteiger partial charge is 0.461 e. The first-order chi connectivity index (χ1) is 12.9. The maximum atomic E-state index is 13.5. The Morgan fingerprint density at radius 1 is 1.14 bits per heavy atom. The van der Waals surface area contributed by atoms with Gasteiger partial charge in [-0.3, -0.25) is 9.59 Å². The van der Waals surface area contributed by atoms with E-state index < -0.39 is 53.1 Å². The fraction of sp³-hybridized carbons (Fsp3) is 0.818. The van der Waals surface area contributed by atoms with Gasteiger partial charge in [-0.25, -0.2) is 0 Å². The van der Waals surface area contributed by atoms with Crippen LogP contribution < -0.4 is 0 Å². The average molecular weight is 392 g/mol. The highest BCUT2D eigenvalue weighted by atomic mass is 16.5. The lowest BCUT2D eigenvalue weighted by Gasteiger charge is -2.66. The molecule has 6 heteroatoms. The zero-order chi connectivity index (χ0) is 20.8. The first kappa shape index (κ1) is 20.0. The van der Waals surface area contributed by atoms with E-state index in [1.54, 1.807) is 0 Å². The highest BCUT2D eigenvalue weighted by Gasteiger charge is 2.79. The quantitative estimate of drug-likeness (QED) is 0.463. The molecule has 4 aliphatic rings. The molecule has 1 spiro atoms. The molecule has 0 heterocycles. The van der Waals surface area contributed by atoms with Crippen molar-refractivity contribution in [2.24, 2.45) is 34.0 Å². The minimum absolute atomic E-state index is 0.0628. The standard InChI is InChI=1S/C22H32O6/c1-10-14-15(25)16(26)17-21(5)8-6-7-20(3,4)12(21)9-13(24)22(17,18(10)27)19(14)28-11(2)23/h12-17,19,24-26H,1,6-9H2,2-5H3. The van der Waals surface area contributed by atoms with Crippen LogP contribution in [-0.2, 0) is 14.3 Å². The van der Waals surface area contributed by atoms with Gasteiger partial charge in [0.2, 0.25) is 0 Å². The zero-order valence-electron chi connectivity index (χ0n) is 17.1. The summed E-state index contributed by atoms with van der Waals surface area (Å²) in [6.45, 7) is 11.6. The number of fused-ring (bicyclic) bond motifs is 3. The Labute approximate surface area is 166 Å². The molecular formula is C22H32O6. The highest BCUT2D eigenvalue weighted by Crippen LogP contribution is 2.71. The van der Waals surface area contributed by atoms with E-state index in [-0.39, 0.29) is 22.7 Å². The molecule has 0 aromatic heterocycles. The van der Waals surface area contributed by atoms with E-state index in [4.69, 9.17) is 4.74 Å². The maximum Gasteiger partial charge on any atom is 0.302 e. The lowest BCUT2D eigenvalue weighted by Crippen LogP contribution is -2.73. The molecule has 0 saturated heterocycles. The number of rotatable bonds is 1. The van der Waals surface area contributed by atoms with Gasteiger partial charge in [0.1, 0.15) is 11.5 Å². The number of ether oxygens (including phenoxy) is 1. The molecule has 4 rings (SSSR count). The van der Waals surface area contributed by atoms with Crippen LogP contribution in [0.1, 0.15) is 53.4 Å². The molecule has 0 aromatic rings. The van der Waals surface area contributed by atoms with Gasteiger partial charge in [0.15, 0.2) is 5.78 Å². The minimum atomic E-state index is -1.44. The molecule has 2 bridgehead atoms. The summed E-state index contributed by atoms with van der Waals surface area (Å²) >= 11 is 0. The molecule has 4 aliphatic carbocycles. The first-order valence-electron chi connectivity index (χ1n) is 10.4. The van der Waals surface area contributed by atoms with Crippen LogP contribution in [0, 0.1) is 34.0 Å². The summed E-state index contributed by atoms with van der Waals surface area (Å²) in [5, 5.41) is 33.6. The monoisotopic (exact) mass is 392 g/mol. The summed E-state index contributed by atoms with van der Waals surface area (Å²) in [6, 6.07) is 0. The van der Waals surface area contributed by atoms with Gasteiger partial charge in [0, 0.05) is 12.8 Å². The van der Waals surface area contributed by atoms with Crippen molar-refractivity contribution in [2.45, 2.75) is 77.8 Å². The van der Waals surface area contributed by atoms with Crippen LogP contribution >= 0.6 is 0 Å². The molecule has 4 fully saturated rings. The second-order valence-corrected chi connectivity index (χ2v) is 10.5. The van der Waals surface area contributed by atoms with E-state index in [1.165, 1.54) is 6.92 Å². The lowest BCUT2D eigenvalue weighted by atomic mass is 9.39. The van der Waals surface area contributed by atoms with Crippen molar-refractivity contribution in [1.29, 1.82) is 0 Å². The highest BCUT2D eigenvalue weighted by molar-refractivity contribution is 6.05. The topological polar surface area (TPSA) is 104 Å². The first-order valence-corrected chi connectivity index (χ1v) is 10.4. The third kappa shape index (κ3) is 2.14. The molecule has 9 atom stereocenters. The molecule has 156 valence electrons. The number of carbonyl (C=O) groups is 2. The van der Waals surface area contributed by atoms with Gasteiger partial charge >= 0.3 is 5.97 Å². The van der Waals surface area contributed by atoms with Crippen LogP contribution in [0.3, 0.4) is 0 Å². The van der Waals surface area contributed by atoms with Crippen molar-refractivity contribution < 1.29 is 29.6 Å². The number of carbonyl (C=O) groups excluding carboxylic acids is 2. The predicted octanol–water partition coefficient (Wildman–Crippen LogP) is 1.61. The minimum Gasteiger partial charge on any atom is -0.461 e. The summed E-state index contributed by atoms with van der Waals surface area (Å²) in [6.07, 6.45) is -1.34. The molecule has 0 aliphatic heterocycles. The number of hydrogen-bond acceptors (Lipinski definition) is 6. The number of hydrogen-bond donors (Lipinski definition) is 3. The molecule has 0 amide bonds. The third-order valence-corrected chi connectivity index (χ3v) is 8.75. The van der Waals surface area contributed by atoms with Crippen molar-refractivity contribution in [3.8, 4) is 0 Å².